The third-order valence-corrected chi connectivity index (χ3v) is 6.99. The van der Waals surface area contributed by atoms with Gasteiger partial charge in [0.1, 0.15) is 14.6 Å². The maximum absolute atomic E-state index is 13.8. The number of para-hydroxylation sites is 1. The predicted octanol–water partition coefficient (Wildman–Crippen LogP) is 5.33. The third-order valence-electron chi connectivity index (χ3n) is 4.21. The van der Waals surface area contributed by atoms with Crippen LogP contribution in [0.15, 0.2) is 59.5 Å². The molecule has 1 N–H and O–H groups in total. The van der Waals surface area contributed by atoms with Crippen LogP contribution >= 0.6 is 11.3 Å². The van der Waals surface area contributed by atoms with E-state index in [0.717, 1.165) is 7.11 Å². The number of halogens is 3. The molecule has 0 spiro atoms. The fourth-order valence-corrected chi connectivity index (χ4v) is 5.81. The Morgan fingerprint density at radius 2 is 1.63 bits per heavy atom. The van der Waals surface area contributed by atoms with Crippen LogP contribution in [0.2, 0.25) is 0 Å². The molecule has 0 aliphatic rings. The fourth-order valence-electron chi connectivity index (χ4n) is 2.85. The van der Waals surface area contributed by atoms with Crippen LogP contribution in [-0.4, -0.2) is 21.5 Å². The van der Waals surface area contributed by atoms with Gasteiger partial charge in [-0.05, 0) is 24.1 Å². The average molecular weight is 455 g/mol. The Bertz CT molecular complexity index is 1190. The number of methoxy groups -OCH3 is 1. The van der Waals surface area contributed by atoms with E-state index < -0.39 is 42.4 Å². The number of carbonyl (C=O) groups is 1. The molecule has 3 aromatic rings. The Hall–Kier alpha value is -2.85. The summed E-state index contributed by atoms with van der Waals surface area (Å²) < 4.78 is 74.8. The third kappa shape index (κ3) is 4.19. The molecule has 5 nitrogen and oxygen atoms in total. The molecule has 3 rings (SSSR count). The van der Waals surface area contributed by atoms with Crippen LogP contribution in [0.1, 0.15) is 20.1 Å². The largest absolute Gasteiger partial charge is 0.465 e. The van der Waals surface area contributed by atoms with E-state index in [-0.39, 0.29) is 22.6 Å². The number of hydrogen-bond acceptors (Lipinski definition) is 5. The van der Waals surface area contributed by atoms with Crippen molar-refractivity contribution in [2.45, 2.75) is 18.0 Å². The Labute approximate surface area is 175 Å². The maximum Gasteiger partial charge on any atom is 0.426 e. The number of anilines is 1. The summed E-state index contributed by atoms with van der Waals surface area (Å²) in [4.78, 5) is 9.65. The second-order valence-electron chi connectivity index (χ2n) is 6.24. The van der Waals surface area contributed by atoms with Crippen molar-refractivity contribution in [1.82, 2.24) is 0 Å². The van der Waals surface area contributed by atoms with Crippen molar-refractivity contribution >= 4 is 33.0 Å². The smallest absolute Gasteiger partial charge is 0.426 e. The molecule has 0 radical (unpaired) electrons. The average Bonchev–Trinajstić information content (AvgIpc) is 3.12. The molecule has 1 aromatic heterocycles. The van der Waals surface area contributed by atoms with Gasteiger partial charge in [-0.2, -0.15) is 13.2 Å². The molecule has 0 bridgehead atoms. The number of esters is 1. The summed E-state index contributed by atoms with van der Waals surface area (Å²) >= 11 is 0.0435. The van der Waals surface area contributed by atoms with Gasteiger partial charge in [-0.25, -0.2) is 13.2 Å². The minimum atomic E-state index is -4.88. The molecule has 158 valence electrons. The van der Waals surface area contributed by atoms with Crippen molar-refractivity contribution < 1.29 is 31.1 Å². The van der Waals surface area contributed by atoms with Gasteiger partial charge in [0.15, 0.2) is 0 Å². The second kappa shape index (κ2) is 8.11. The zero-order valence-corrected chi connectivity index (χ0v) is 17.4. The van der Waals surface area contributed by atoms with Crippen molar-refractivity contribution in [2.75, 3.05) is 11.8 Å². The van der Waals surface area contributed by atoms with Crippen molar-refractivity contribution in [3.8, 4) is 11.1 Å². The number of alkyl halides is 3. The Morgan fingerprint density at radius 3 is 2.20 bits per heavy atom. The van der Waals surface area contributed by atoms with Gasteiger partial charge in [-0.1, -0.05) is 48.5 Å². The zero-order chi connectivity index (χ0) is 22.1. The van der Waals surface area contributed by atoms with Crippen LogP contribution < -0.4 is 4.72 Å². The highest BCUT2D eigenvalue weighted by Gasteiger charge is 2.43. The molecule has 0 saturated carbocycles. The number of nitrogens with one attached hydrogen (secondary N) is 1. The van der Waals surface area contributed by atoms with Crippen LogP contribution in [0.4, 0.5) is 18.9 Å². The first-order chi connectivity index (χ1) is 14.1. The highest BCUT2D eigenvalue weighted by Crippen LogP contribution is 2.48. The molecule has 0 amide bonds. The minimum absolute atomic E-state index is 0.0152. The first-order valence-electron chi connectivity index (χ1n) is 8.52. The molecule has 0 saturated heterocycles. The first-order valence-corrected chi connectivity index (χ1v) is 10.8. The summed E-state index contributed by atoms with van der Waals surface area (Å²) in [6, 6.07) is 13.6. The van der Waals surface area contributed by atoms with Gasteiger partial charge in [0.2, 0.25) is 0 Å². The van der Waals surface area contributed by atoms with Gasteiger partial charge in [-0.15, -0.1) is 11.3 Å². The summed E-state index contributed by atoms with van der Waals surface area (Å²) in [7, 11) is -3.61. The quantitative estimate of drug-likeness (QED) is 0.528. The van der Waals surface area contributed by atoms with Crippen molar-refractivity contribution in [2.24, 2.45) is 0 Å². The zero-order valence-electron chi connectivity index (χ0n) is 15.8. The highest BCUT2D eigenvalue weighted by molar-refractivity contribution is 7.93. The summed E-state index contributed by atoms with van der Waals surface area (Å²) in [6.45, 7) is 1.64. The standard InChI is InChI=1S/C20H16F3NO4S2/c1-12-8-6-7-11-14(12)24-30(26,27)17-15(13-9-4-3-5-10-13)18(20(21,22)23)29-16(17)19(25)28-2/h3-11,24H,1-2H3. The highest BCUT2D eigenvalue weighted by atomic mass is 32.2. The molecule has 30 heavy (non-hydrogen) atoms. The molecule has 2 aromatic carbocycles. The maximum atomic E-state index is 13.8. The van der Waals surface area contributed by atoms with E-state index in [1.165, 1.54) is 30.3 Å². The van der Waals surface area contributed by atoms with E-state index in [1.807, 2.05) is 0 Å². The molecular weight excluding hydrogens is 439 g/mol. The van der Waals surface area contributed by atoms with Crippen LogP contribution in [0.25, 0.3) is 11.1 Å². The summed E-state index contributed by atoms with van der Waals surface area (Å²) in [5.41, 5.74) is 0.177. The molecular formula is C20H16F3NO4S2. The number of sulfonamides is 1. The van der Waals surface area contributed by atoms with Crippen LogP contribution in [0.3, 0.4) is 0 Å². The topological polar surface area (TPSA) is 72.5 Å². The van der Waals surface area contributed by atoms with Crippen LogP contribution in [0, 0.1) is 6.92 Å². The number of carbonyl (C=O) groups excluding carboxylic acids is 1. The number of benzene rings is 2. The van der Waals surface area contributed by atoms with E-state index in [0.29, 0.717) is 5.56 Å². The Kier molecular flexibility index (Phi) is 5.91. The van der Waals surface area contributed by atoms with E-state index >= 15 is 0 Å². The molecule has 0 fully saturated rings. The number of aryl methyl sites for hydroxylation is 1. The van der Waals surface area contributed by atoms with Crippen LogP contribution in [-0.2, 0) is 20.9 Å². The van der Waals surface area contributed by atoms with Crippen molar-refractivity contribution in [1.29, 1.82) is 0 Å². The van der Waals surface area contributed by atoms with Crippen LogP contribution in [0.5, 0.6) is 0 Å². The lowest BCUT2D eigenvalue weighted by Crippen LogP contribution is -2.17. The lowest BCUT2D eigenvalue weighted by molar-refractivity contribution is -0.133. The van der Waals surface area contributed by atoms with E-state index in [2.05, 4.69) is 9.46 Å². The first kappa shape index (κ1) is 21.8. The molecule has 0 aliphatic heterocycles. The van der Waals surface area contributed by atoms with Gasteiger partial charge in [0.05, 0.1) is 12.8 Å². The Morgan fingerprint density at radius 1 is 1.03 bits per heavy atom. The molecule has 0 atom stereocenters. The second-order valence-corrected chi connectivity index (χ2v) is 8.88. The number of thiophene rings is 1. The van der Waals surface area contributed by atoms with Gasteiger partial charge < -0.3 is 4.74 Å². The fraction of sp³-hybridized carbons (Fsp3) is 0.150. The number of ether oxygens (including phenoxy) is 1. The van der Waals surface area contributed by atoms with Crippen molar-refractivity contribution in [3.05, 3.63) is 69.9 Å². The Balaban J connectivity index is 2.35. The van der Waals surface area contributed by atoms with Crippen molar-refractivity contribution in [3.63, 3.8) is 0 Å². The SMILES string of the molecule is COC(=O)c1sc(C(F)(F)F)c(-c2ccccc2)c1S(=O)(=O)Nc1ccccc1C. The molecule has 0 aliphatic carbocycles. The number of rotatable bonds is 5. The van der Waals surface area contributed by atoms with E-state index in [1.54, 1.807) is 31.2 Å². The lowest BCUT2D eigenvalue weighted by atomic mass is 10.1. The summed E-state index contributed by atoms with van der Waals surface area (Å²) in [5, 5.41) is 0. The molecule has 10 heteroatoms. The summed E-state index contributed by atoms with van der Waals surface area (Å²) in [5.74, 6) is -1.17. The van der Waals surface area contributed by atoms with Gasteiger partial charge in [0, 0.05) is 5.56 Å². The monoisotopic (exact) mass is 455 g/mol. The molecule has 0 unspecified atom stereocenters. The minimum Gasteiger partial charge on any atom is -0.465 e. The number of hydrogen-bond donors (Lipinski definition) is 1. The summed E-state index contributed by atoms with van der Waals surface area (Å²) in [6.07, 6.45) is -4.88. The van der Waals surface area contributed by atoms with E-state index in [4.69, 9.17) is 0 Å². The normalized spacial score (nSPS) is 11.9. The predicted molar refractivity (Wildman–Crippen MR) is 108 cm³/mol. The van der Waals surface area contributed by atoms with Gasteiger partial charge in [0.25, 0.3) is 10.0 Å². The lowest BCUT2D eigenvalue weighted by Gasteiger charge is -2.14. The van der Waals surface area contributed by atoms with Gasteiger partial charge in [-0.3, -0.25) is 4.72 Å². The van der Waals surface area contributed by atoms with Gasteiger partial charge >= 0.3 is 12.1 Å². The molecule has 1 heterocycles. The van der Waals surface area contributed by atoms with E-state index in [9.17, 15) is 26.4 Å².